The van der Waals surface area contributed by atoms with Crippen LogP contribution >= 0.6 is 24.0 Å². The molecule has 0 N–H and O–H groups in total. The standard InChI is InChI=1S/C32H32FNO6S2/c1-22(2)18-37-19-29(25-6-4-3-5-7-25)40-28-16-24(17-30-31(36)34(20-38-21-35)32(41)42-30)10-13-27(28)39-15-14-23-8-11-26(33)12-9-23/h3-13,16-17,21-22,29H,14-15,18-20H2,1-2H3. The van der Waals surface area contributed by atoms with Crippen molar-refractivity contribution in [3.63, 3.8) is 0 Å². The third-order valence-electron chi connectivity index (χ3n) is 6.13. The summed E-state index contributed by atoms with van der Waals surface area (Å²) in [5.74, 6) is 0.727. The first-order chi connectivity index (χ1) is 20.3. The van der Waals surface area contributed by atoms with Crippen LogP contribution in [0.5, 0.6) is 11.5 Å². The van der Waals surface area contributed by atoms with Gasteiger partial charge in [-0.3, -0.25) is 14.5 Å². The van der Waals surface area contributed by atoms with Gasteiger partial charge in [0.05, 0.1) is 18.1 Å². The first kappa shape index (κ1) is 31.2. The summed E-state index contributed by atoms with van der Waals surface area (Å²) in [6.45, 7) is 5.46. The van der Waals surface area contributed by atoms with Crippen LogP contribution in [0.4, 0.5) is 4.39 Å². The summed E-state index contributed by atoms with van der Waals surface area (Å²) in [6, 6.07) is 21.5. The third-order valence-corrected chi connectivity index (χ3v) is 7.51. The molecule has 1 atom stereocenters. The van der Waals surface area contributed by atoms with Crippen LogP contribution in [0.3, 0.4) is 0 Å². The normalized spacial score (nSPS) is 14.9. The van der Waals surface area contributed by atoms with Crippen LogP contribution in [-0.4, -0.2) is 48.2 Å². The van der Waals surface area contributed by atoms with Crippen molar-refractivity contribution in [3.8, 4) is 11.5 Å². The third kappa shape index (κ3) is 8.88. The van der Waals surface area contributed by atoms with Crippen molar-refractivity contribution in [2.45, 2.75) is 26.4 Å². The van der Waals surface area contributed by atoms with Gasteiger partial charge >= 0.3 is 0 Å². The van der Waals surface area contributed by atoms with E-state index in [4.69, 9.17) is 31.2 Å². The number of amides is 1. The minimum Gasteiger partial charge on any atom is -0.489 e. The van der Waals surface area contributed by atoms with Crippen LogP contribution in [0.2, 0.25) is 0 Å². The number of carbonyl (C=O) groups excluding carboxylic acids is 2. The molecule has 220 valence electrons. The number of rotatable bonds is 15. The molecule has 0 bridgehead atoms. The van der Waals surface area contributed by atoms with Crippen LogP contribution in [-0.2, 0) is 25.5 Å². The van der Waals surface area contributed by atoms with E-state index in [1.807, 2.05) is 36.4 Å². The fourth-order valence-corrected chi connectivity index (χ4v) is 5.28. The molecule has 1 amide bonds. The number of hydrogen-bond donors (Lipinski definition) is 0. The monoisotopic (exact) mass is 609 g/mol. The Morgan fingerprint density at radius 2 is 1.76 bits per heavy atom. The number of thioether (sulfide) groups is 1. The maximum Gasteiger partial charge on any atom is 0.294 e. The average Bonchev–Trinajstić information content (AvgIpc) is 3.24. The SMILES string of the molecule is CC(C)COCC(Oc1cc(C=C2SC(=S)N(COC=O)C2=O)ccc1OCCc1ccc(F)cc1)c1ccccc1. The van der Waals surface area contributed by atoms with Gasteiger partial charge in [0.1, 0.15) is 11.9 Å². The zero-order valence-electron chi connectivity index (χ0n) is 23.4. The molecule has 4 rings (SSSR count). The Balaban J connectivity index is 1.60. The quantitative estimate of drug-likeness (QED) is 0.109. The van der Waals surface area contributed by atoms with Crippen molar-refractivity contribution in [2.24, 2.45) is 5.92 Å². The second-order valence-electron chi connectivity index (χ2n) is 9.88. The molecule has 7 nitrogen and oxygen atoms in total. The van der Waals surface area contributed by atoms with Gasteiger partial charge in [-0.1, -0.05) is 86.4 Å². The predicted octanol–water partition coefficient (Wildman–Crippen LogP) is 6.57. The number of benzene rings is 3. The van der Waals surface area contributed by atoms with E-state index in [-0.39, 0.29) is 24.9 Å². The summed E-state index contributed by atoms with van der Waals surface area (Å²) >= 11 is 6.42. The van der Waals surface area contributed by atoms with E-state index in [0.717, 1.165) is 22.9 Å². The summed E-state index contributed by atoms with van der Waals surface area (Å²) in [4.78, 5) is 25.1. The summed E-state index contributed by atoms with van der Waals surface area (Å²) in [7, 11) is 0. The summed E-state index contributed by atoms with van der Waals surface area (Å²) in [5, 5.41) is 0. The molecule has 0 radical (unpaired) electrons. The molecule has 42 heavy (non-hydrogen) atoms. The molecule has 1 heterocycles. The van der Waals surface area contributed by atoms with E-state index in [1.165, 1.54) is 17.0 Å². The van der Waals surface area contributed by atoms with Gasteiger partial charge in [0.15, 0.2) is 22.6 Å². The van der Waals surface area contributed by atoms with E-state index < -0.39 is 6.10 Å². The summed E-state index contributed by atoms with van der Waals surface area (Å²) in [5.41, 5.74) is 2.59. The highest BCUT2D eigenvalue weighted by Gasteiger charge is 2.32. The van der Waals surface area contributed by atoms with Gasteiger partial charge in [0.25, 0.3) is 12.4 Å². The topological polar surface area (TPSA) is 74.3 Å². The van der Waals surface area contributed by atoms with E-state index >= 15 is 0 Å². The molecule has 0 spiro atoms. The van der Waals surface area contributed by atoms with Crippen molar-refractivity contribution in [3.05, 3.63) is 100 Å². The van der Waals surface area contributed by atoms with Crippen molar-refractivity contribution in [1.29, 1.82) is 0 Å². The van der Waals surface area contributed by atoms with E-state index in [0.29, 0.717) is 58.4 Å². The lowest BCUT2D eigenvalue weighted by molar-refractivity contribution is -0.135. The van der Waals surface area contributed by atoms with E-state index in [1.54, 1.807) is 30.3 Å². The maximum atomic E-state index is 13.3. The highest BCUT2D eigenvalue weighted by molar-refractivity contribution is 8.26. The number of halogens is 1. The highest BCUT2D eigenvalue weighted by Crippen LogP contribution is 2.36. The fourth-order valence-electron chi connectivity index (χ4n) is 4.05. The fraction of sp³-hybridized carbons (Fsp3) is 0.281. The van der Waals surface area contributed by atoms with Crippen LogP contribution in [0, 0.1) is 11.7 Å². The van der Waals surface area contributed by atoms with E-state index in [9.17, 15) is 14.0 Å². The summed E-state index contributed by atoms with van der Waals surface area (Å²) in [6.07, 6.45) is 1.87. The second-order valence-corrected chi connectivity index (χ2v) is 11.6. The Bertz CT molecular complexity index is 1400. The lowest BCUT2D eigenvalue weighted by atomic mass is 10.1. The van der Waals surface area contributed by atoms with Crippen LogP contribution < -0.4 is 9.47 Å². The first-order valence-corrected chi connectivity index (χ1v) is 14.7. The average molecular weight is 610 g/mol. The van der Waals surface area contributed by atoms with Gasteiger partial charge in [-0.2, -0.15) is 0 Å². The molecule has 10 heteroatoms. The molecule has 1 aliphatic heterocycles. The molecule has 3 aromatic carbocycles. The van der Waals surface area contributed by atoms with Gasteiger partial charge < -0.3 is 18.9 Å². The Kier molecular flexibility index (Phi) is 11.5. The largest absolute Gasteiger partial charge is 0.489 e. The van der Waals surface area contributed by atoms with Crippen molar-refractivity contribution >= 4 is 46.8 Å². The molecule has 1 saturated heterocycles. The molecule has 3 aromatic rings. The van der Waals surface area contributed by atoms with Crippen molar-refractivity contribution in [2.75, 3.05) is 26.6 Å². The van der Waals surface area contributed by atoms with Crippen molar-refractivity contribution < 1.29 is 32.9 Å². The first-order valence-electron chi connectivity index (χ1n) is 13.4. The summed E-state index contributed by atoms with van der Waals surface area (Å²) < 4.78 is 37.0. The zero-order chi connectivity index (χ0) is 29.9. The van der Waals surface area contributed by atoms with Crippen LogP contribution in [0.25, 0.3) is 6.08 Å². The molecule has 0 aromatic heterocycles. The Morgan fingerprint density at radius 3 is 2.48 bits per heavy atom. The van der Waals surface area contributed by atoms with E-state index in [2.05, 4.69) is 13.8 Å². The molecule has 1 fully saturated rings. The lowest BCUT2D eigenvalue weighted by Gasteiger charge is -2.22. The van der Waals surface area contributed by atoms with Gasteiger partial charge in [0, 0.05) is 13.0 Å². The Hall–Kier alpha value is -3.73. The molecule has 1 aliphatic rings. The number of nitrogens with zero attached hydrogens (tertiary/aromatic N) is 1. The second kappa shape index (κ2) is 15.5. The van der Waals surface area contributed by atoms with Gasteiger partial charge in [-0.15, -0.1) is 0 Å². The molecule has 0 saturated carbocycles. The van der Waals surface area contributed by atoms with Gasteiger partial charge in [0.2, 0.25) is 0 Å². The zero-order valence-corrected chi connectivity index (χ0v) is 25.0. The molecular weight excluding hydrogens is 577 g/mol. The number of hydrogen-bond acceptors (Lipinski definition) is 8. The minimum absolute atomic E-state index is 0.240. The van der Waals surface area contributed by atoms with Gasteiger partial charge in [-0.05, 0) is 52.9 Å². The maximum absolute atomic E-state index is 13.3. The van der Waals surface area contributed by atoms with Gasteiger partial charge in [-0.25, -0.2) is 4.39 Å². The predicted molar refractivity (Wildman–Crippen MR) is 165 cm³/mol. The lowest BCUT2D eigenvalue weighted by Crippen LogP contribution is -2.30. The van der Waals surface area contributed by atoms with Crippen LogP contribution in [0.1, 0.15) is 36.6 Å². The number of thiocarbonyl (C=S) groups is 1. The number of carbonyl (C=O) groups is 2. The number of ether oxygens (including phenoxy) is 4. The minimum atomic E-state index is -0.418. The van der Waals surface area contributed by atoms with Crippen LogP contribution in [0.15, 0.2) is 77.7 Å². The molecule has 0 aliphatic carbocycles. The van der Waals surface area contributed by atoms with Crippen molar-refractivity contribution in [1.82, 2.24) is 4.90 Å². The Labute approximate surface area is 254 Å². The molecular formula is C32H32FNO6S2. The smallest absolute Gasteiger partial charge is 0.294 e. The molecule has 1 unspecified atom stereocenters. The Morgan fingerprint density at radius 1 is 1.00 bits per heavy atom. The highest BCUT2D eigenvalue weighted by atomic mass is 32.2.